The summed E-state index contributed by atoms with van der Waals surface area (Å²) >= 11 is 3.22. The van der Waals surface area contributed by atoms with Crippen LogP contribution in [0.5, 0.6) is 0 Å². The number of hydrogen-bond donors (Lipinski definition) is 1. The zero-order chi connectivity index (χ0) is 18.8. The highest BCUT2D eigenvalue weighted by Gasteiger charge is 2.23. The second kappa shape index (κ2) is 8.36. The molecule has 0 unspecified atom stereocenters. The lowest BCUT2D eigenvalue weighted by Crippen LogP contribution is -2.36. The first-order valence-corrected chi connectivity index (χ1v) is 12.7. The van der Waals surface area contributed by atoms with Crippen LogP contribution in [0.25, 0.3) is 0 Å². The number of thioether (sulfide) groups is 2. The fourth-order valence-corrected chi connectivity index (χ4v) is 9.80. The molecule has 2 heterocycles. The zero-order valence-corrected chi connectivity index (χ0v) is 18.6. The molecule has 0 radical (unpaired) electrons. The summed E-state index contributed by atoms with van der Waals surface area (Å²) in [5.41, 5.74) is 3.19. The molecule has 0 aliphatic carbocycles. The molecule has 0 saturated carbocycles. The molecule has 0 atom stereocenters. The average Bonchev–Trinajstić information content (AvgIpc) is 3.07. The highest BCUT2D eigenvalue weighted by molar-refractivity contribution is 14.2. The third kappa shape index (κ3) is 4.41. The largest absolute Gasteiger partial charge is 0.326 e. The SMILES string of the molecule is CC(=O)Nc1ccc2c(c1)SC(SCC(=O)N1CCCc3ccccc31)=I2. The van der Waals surface area contributed by atoms with Crippen LogP contribution in [0.2, 0.25) is 0 Å². The number of amides is 2. The van der Waals surface area contributed by atoms with Crippen LogP contribution in [0.4, 0.5) is 11.4 Å². The fourth-order valence-electron chi connectivity index (χ4n) is 3.18. The van der Waals surface area contributed by atoms with Gasteiger partial charge in [0.25, 0.3) is 0 Å². The predicted octanol–water partition coefficient (Wildman–Crippen LogP) is 4.69. The minimum absolute atomic E-state index is 0.0568. The molecule has 2 aliphatic rings. The van der Waals surface area contributed by atoms with Crippen molar-refractivity contribution in [3.63, 3.8) is 0 Å². The van der Waals surface area contributed by atoms with Gasteiger partial charge in [0.15, 0.2) is 0 Å². The molecule has 7 heteroatoms. The number of rotatable bonds is 4. The number of halogens is 1. The van der Waals surface area contributed by atoms with Crippen molar-refractivity contribution in [1.82, 2.24) is 0 Å². The Morgan fingerprint density at radius 3 is 2.96 bits per heavy atom. The van der Waals surface area contributed by atoms with Crippen molar-refractivity contribution < 1.29 is 9.59 Å². The Labute approximate surface area is 177 Å². The Hall–Kier alpha value is -1.32. The van der Waals surface area contributed by atoms with E-state index in [9.17, 15) is 9.59 Å². The molecule has 0 bridgehead atoms. The molecule has 4 rings (SSSR count). The minimum atomic E-state index is -0.222. The molecular formula is C20H19IN2O2S2. The molecule has 0 aromatic heterocycles. The Morgan fingerprint density at radius 2 is 2.11 bits per heavy atom. The van der Waals surface area contributed by atoms with Crippen LogP contribution >= 0.6 is 44.3 Å². The normalized spacial score (nSPS) is 15.3. The van der Waals surface area contributed by atoms with Gasteiger partial charge in [-0.1, -0.05) is 50.7 Å². The summed E-state index contributed by atoms with van der Waals surface area (Å²) in [6.45, 7) is 2.33. The van der Waals surface area contributed by atoms with Gasteiger partial charge in [0.1, 0.15) is 0 Å². The highest BCUT2D eigenvalue weighted by Crippen LogP contribution is 2.44. The number of carbonyl (C=O) groups is 2. The molecule has 2 aliphatic heterocycles. The fraction of sp³-hybridized carbons (Fsp3) is 0.250. The number of nitrogens with zero attached hydrogens (tertiary/aromatic N) is 1. The standard InChI is InChI=1S/C20H19IN2O2S2/c1-13(24)22-15-8-9-16-18(11-15)27-20(21-16)26-12-19(25)23-10-4-6-14-5-2-3-7-17(14)23/h2-3,5,7-9,11H,4,6,10,12H2,1H3,(H,22,24). The highest BCUT2D eigenvalue weighted by atomic mass is 127. The number of aryl methyl sites for hydroxylation is 1. The molecule has 1 N–H and O–H groups in total. The molecule has 4 nitrogen and oxygen atoms in total. The summed E-state index contributed by atoms with van der Waals surface area (Å²) < 4.78 is 2.72. The summed E-state index contributed by atoms with van der Waals surface area (Å²) in [4.78, 5) is 27.2. The van der Waals surface area contributed by atoms with Gasteiger partial charge in [0, 0.05) is 33.3 Å². The van der Waals surface area contributed by atoms with E-state index in [2.05, 4.69) is 23.5 Å². The van der Waals surface area contributed by atoms with Crippen LogP contribution in [0.15, 0.2) is 47.4 Å². The van der Waals surface area contributed by atoms with E-state index < -0.39 is 0 Å². The lowest BCUT2D eigenvalue weighted by molar-refractivity contribution is -0.116. The van der Waals surface area contributed by atoms with E-state index in [-0.39, 0.29) is 32.5 Å². The number of carbonyl (C=O) groups excluding carboxylic acids is 2. The molecule has 27 heavy (non-hydrogen) atoms. The van der Waals surface area contributed by atoms with Crippen LogP contribution in [-0.2, 0) is 16.0 Å². The van der Waals surface area contributed by atoms with Gasteiger partial charge in [-0.25, -0.2) is 0 Å². The summed E-state index contributed by atoms with van der Waals surface area (Å²) in [7, 11) is 0. The average molecular weight is 510 g/mol. The van der Waals surface area contributed by atoms with Gasteiger partial charge in [0.2, 0.25) is 11.8 Å². The van der Waals surface area contributed by atoms with E-state index in [1.54, 1.807) is 23.5 Å². The summed E-state index contributed by atoms with van der Waals surface area (Å²) in [5, 5.41) is 2.84. The van der Waals surface area contributed by atoms with Crippen molar-refractivity contribution in [2.45, 2.75) is 24.7 Å². The van der Waals surface area contributed by atoms with Gasteiger partial charge in [-0.3, -0.25) is 9.59 Å². The van der Waals surface area contributed by atoms with E-state index in [1.807, 2.05) is 29.2 Å². The smallest absolute Gasteiger partial charge is 0.237 e. The number of anilines is 2. The molecule has 2 aromatic carbocycles. The van der Waals surface area contributed by atoms with E-state index >= 15 is 0 Å². The quantitative estimate of drug-likeness (QED) is 0.607. The predicted molar refractivity (Wildman–Crippen MR) is 124 cm³/mol. The first-order valence-electron chi connectivity index (χ1n) is 8.72. The van der Waals surface area contributed by atoms with E-state index in [4.69, 9.17) is 0 Å². The monoisotopic (exact) mass is 510 g/mol. The van der Waals surface area contributed by atoms with Crippen molar-refractivity contribution in [2.24, 2.45) is 0 Å². The maximum Gasteiger partial charge on any atom is 0.237 e. The van der Waals surface area contributed by atoms with Crippen LogP contribution in [0.1, 0.15) is 18.9 Å². The molecular weight excluding hydrogens is 491 g/mol. The van der Waals surface area contributed by atoms with Gasteiger partial charge < -0.3 is 10.2 Å². The van der Waals surface area contributed by atoms with Gasteiger partial charge in [-0.15, -0.1) is 11.8 Å². The summed E-state index contributed by atoms with van der Waals surface area (Å²) in [5.74, 6) is 0.626. The minimum Gasteiger partial charge on any atom is -0.326 e. The Balaban J connectivity index is 1.39. The summed E-state index contributed by atoms with van der Waals surface area (Å²) in [6.07, 6.45) is 2.08. The lowest BCUT2D eigenvalue weighted by Gasteiger charge is -2.29. The van der Waals surface area contributed by atoms with Gasteiger partial charge >= 0.3 is 0 Å². The van der Waals surface area contributed by atoms with E-state index in [0.29, 0.717) is 5.75 Å². The molecule has 0 fully saturated rings. The number of nitrogens with one attached hydrogen (secondary N) is 1. The topological polar surface area (TPSA) is 49.4 Å². The van der Waals surface area contributed by atoms with Crippen molar-refractivity contribution in [3.05, 3.63) is 51.6 Å². The van der Waals surface area contributed by atoms with Crippen LogP contribution in [-0.4, -0.2) is 26.3 Å². The zero-order valence-electron chi connectivity index (χ0n) is 14.8. The Morgan fingerprint density at radius 1 is 1.26 bits per heavy atom. The number of fused-ring (bicyclic) bond motifs is 2. The van der Waals surface area contributed by atoms with Crippen molar-refractivity contribution in [2.75, 3.05) is 22.5 Å². The lowest BCUT2D eigenvalue weighted by atomic mass is 10.0. The molecule has 0 saturated heterocycles. The number of benzene rings is 2. The molecule has 140 valence electrons. The maximum absolute atomic E-state index is 12.8. The van der Waals surface area contributed by atoms with E-state index in [0.717, 1.165) is 30.8 Å². The third-order valence-corrected chi connectivity index (χ3v) is 11.2. The summed E-state index contributed by atoms with van der Waals surface area (Å²) in [6, 6.07) is 14.3. The molecule has 0 spiro atoms. The Bertz CT molecular complexity index is 945. The number of para-hydroxylation sites is 1. The second-order valence-electron chi connectivity index (χ2n) is 6.33. The molecule has 2 aromatic rings. The van der Waals surface area contributed by atoms with Crippen molar-refractivity contribution in [3.8, 4) is 0 Å². The number of hydrogen-bond acceptors (Lipinski definition) is 4. The molecule has 2 amide bonds. The second-order valence-corrected chi connectivity index (χ2v) is 12.9. The Kier molecular flexibility index (Phi) is 5.89. The van der Waals surface area contributed by atoms with Crippen LogP contribution < -0.4 is 10.2 Å². The first kappa shape index (κ1) is 19.0. The van der Waals surface area contributed by atoms with Gasteiger partial charge in [0.05, 0.1) is 7.93 Å². The van der Waals surface area contributed by atoms with Crippen LogP contribution in [0, 0.1) is 3.57 Å². The van der Waals surface area contributed by atoms with Gasteiger partial charge in [-0.2, -0.15) is 0 Å². The van der Waals surface area contributed by atoms with Gasteiger partial charge in [-0.05, 0) is 42.7 Å². The van der Waals surface area contributed by atoms with Crippen molar-refractivity contribution in [1.29, 1.82) is 0 Å². The third-order valence-electron chi connectivity index (χ3n) is 4.34. The van der Waals surface area contributed by atoms with E-state index in [1.165, 1.54) is 23.1 Å². The van der Waals surface area contributed by atoms with Crippen molar-refractivity contribution >= 4 is 69.6 Å². The first-order chi connectivity index (χ1) is 13.1. The maximum atomic E-state index is 12.8. The van der Waals surface area contributed by atoms with Crippen LogP contribution in [0.3, 0.4) is 0 Å².